The van der Waals surface area contributed by atoms with Crippen LogP contribution in [0.1, 0.15) is 25.0 Å². The van der Waals surface area contributed by atoms with Gasteiger partial charge < -0.3 is 10.2 Å². The van der Waals surface area contributed by atoms with E-state index in [2.05, 4.69) is 15.3 Å². The first-order valence-corrected chi connectivity index (χ1v) is 10.1. The van der Waals surface area contributed by atoms with Gasteiger partial charge in [-0.25, -0.2) is 18.4 Å². The number of aromatic nitrogens is 2. The number of rotatable bonds is 3. The topological polar surface area (TPSA) is 92.3 Å². The van der Waals surface area contributed by atoms with Gasteiger partial charge >= 0.3 is 6.18 Å². The number of carbonyl (C=O) groups is 1. The van der Waals surface area contributed by atoms with Gasteiger partial charge in [0, 0.05) is 25.2 Å². The second-order valence-electron chi connectivity index (χ2n) is 6.63. The monoisotopic (exact) mass is 392 g/mol. The molecule has 2 fully saturated rings. The van der Waals surface area contributed by atoms with E-state index in [1.165, 1.54) is 0 Å². The third-order valence-electron chi connectivity index (χ3n) is 4.70. The number of hydrogen-bond acceptors (Lipinski definition) is 6. The fourth-order valence-electron chi connectivity index (χ4n) is 3.29. The number of nitrogens with one attached hydrogen (secondary N) is 1. The second-order valence-corrected chi connectivity index (χ2v) is 8.86. The number of hydrogen-bond donors (Lipinski definition) is 1. The maximum atomic E-state index is 12.7. The molecule has 1 N–H and O–H groups in total. The Balaban J connectivity index is 1.54. The van der Waals surface area contributed by atoms with Crippen LogP contribution in [0.25, 0.3) is 0 Å². The predicted octanol–water partition coefficient (Wildman–Crippen LogP) is 1.33. The van der Waals surface area contributed by atoms with Gasteiger partial charge in [0.15, 0.2) is 9.84 Å². The van der Waals surface area contributed by atoms with Crippen LogP contribution in [0, 0.1) is 5.92 Å². The van der Waals surface area contributed by atoms with Gasteiger partial charge in [-0.2, -0.15) is 13.2 Å². The summed E-state index contributed by atoms with van der Waals surface area (Å²) in [5.74, 6) is -0.562. The van der Waals surface area contributed by atoms with Crippen molar-refractivity contribution in [3.05, 3.63) is 18.1 Å². The number of alkyl halides is 3. The summed E-state index contributed by atoms with van der Waals surface area (Å²) in [4.78, 5) is 21.1. The van der Waals surface area contributed by atoms with E-state index in [4.69, 9.17) is 0 Å². The molecule has 7 nitrogen and oxygen atoms in total. The van der Waals surface area contributed by atoms with E-state index >= 15 is 0 Å². The van der Waals surface area contributed by atoms with E-state index in [1.54, 1.807) is 4.90 Å². The van der Waals surface area contributed by atoms with E-state index in [0.29, 0.717) is 32.4 Å². The first kappa shape index (κ1) is 18.9. The van der Waals surface area contributed by atoms with Crippen molar-refractivity contribution in [2.45, 2.75) is 31.5 Å². The van der Waals surface area contributed by atoms with Crippen LogP contribution in [-0.2, 0) is 20.8 Å². The number of piperidine rings is 1. The van der Waals surface area contributed by atoms with Crippen LogP contribution in [0.2, 0.25) is 0 Å². The lowest BCUT2D eigenvalue weighted by Crippen LogP contribution is -2.45. The molecule has 144 valence electrons. The number of halogens is 3. The van der Waals surface area contributed by atoms with Crippen molar-refractivity contribution < 1.29 is 26.4 Å². The zero-order chi connectivity index (χ0) is 18.9. The molecule has 11 heteroatoms. The zero-order valence-electron chi connectivity index (χ0n) is 13.9. The van der Waals surface area contributed by atoms with Crippen molar-refractivity contribution in [2.24, 2.45) is 5.92 Å². The molecule has 2 aliphatic heterocycles. The molecule has 0 saturated carbocycles. The molecule has 0 bridgehead atoms. The summed E-state index contributed by atoms with van der Waals surface area (Å²) >= 11 is 0. The molecular weight excluding hydrogens is 373 g/mol. The third kappa shape index (κ3) is 4.43. The number of amides is 1. The van der Waals surface area contributed by atoms with Gasteiger partial charge in [-0.15, -0.1) is 0 Å². The molecule has 3 heterocycles. The zero-order valence-corrected chi connectivity index (χ0v) is 14.7. The Morgan fingerprint density at radius 2 is 1.88 bits per heavy atom. The average Bonchev–Trinajstić information content (AvgIpc) is 2.94. The van der Waals surface area contributed by atoms with E-state index in [0.717, 1.165) is 12.4 Å². The minimum Gasteiger partial charge on any atom is -0.367 e. The fourth-order valence-corrected chi connectivity index (χ4v) is 5.03. The van der Waals surface area contributed by atoms with Crippen LogP contribution in [0.5, 0.6) is 0 Å². The number of sulfone groups is 1. The van der Waals surface area contributed by atoms with Gasteiger partial charge in [-0.3, -0.25) is 4.79 Å². The molecule has 1 aromatic rings. The largest absolute Gasteiger partial charge is 0.433 e. The van der Waals surface area contributed by atoms with Crippen molar-refractivity contribution in [1.82, 2.24) is 14.9 Å². The molecule has 1 atom stereocenters. The Hall–Kier alpha value is -1.91. The summed E-state index contributed by atoms with van der Waals surface area (Å²) < 4.78 is 61.1. The van der Waals surface area contributed by atoms with E-state index in [9.17, 15) is 26.4 Å². The van der Waals surface area contributed by atoms with Gasteiger partial charge in [-0.1, -0.05) is 0 Å². The highest BCUT2D eigenvalue weighted by Crippen LogP contribution is 2.29. The van der Waals surface area contributed by atoms with E-state index < -0.39 is 27.6 Å². The summed E-state index contributed by atoms with van der Waals surface area (Å²) in [5, 5.41) is 2.95. The standard InChI is InChI=1S/C15H19F3N4O3S/c16-15(17,18)12-7-13(20-9-19-12)21-11-1-4-22(5-2-11)14(23)10-3-6-26(24,25)8-10/h7,9-11H,1-6,8H2,(H,19,20,21). The number of likely N-dealkylation sites (tertiary alicyclic amines) is 1. The molecule has 2 saturated heterocycles. The van der Waals surface area contributed by atoms with Crippen molar-refractivity contribution in [3.63, 3.8) is 0 Å². The van der Waals surface area contributed by atoms with Crippen LogP contribution in [0.3, 0.4) is 0 Å². The van der Waals surface area contributed by atoms with Crippen LogP contribution in [0.15, 0.2) is 12.4 Å². The highest BCUT2D eigenvalue weighted by atomic mass is 32.2. The Labute approximate surface area is 148 Å². The molecular formula is C15H19F3N4O3S. The van der Waals surface area contributed by atoms with Crippen LogP contribution >= 0.6 is 0 Å². The third-order valence-corrected chi connectivity index (χ3v) is 6.47. The van der Waals surface area contributed by atoms with Crippen molar-refractivity contribution in [3.8, 4) is 0 Å². The SMILES string of the molecule is O=C(C1CCS(=O)(=O)C1)N1CCC(Nc2cc(C(F)(F)F)ncn2)CC1. The predicted molar refractivity (Wildman–Crippen MR) is 87.0 cm³/mol. The molecule has 0 aliphatic carbocycles. The number of nitrogens with zero attached hydrogens (tertiary/aromatic N) is 3. The van der Waals surface area contributed by atoms with Gasteiger partial charge in [0.2, 0.25) is 5.91 Å². The lowest BCUT2D eigenvalue weighted by atomic mass is 10.0. The lowest BCUT2D eigenvalue weighted by molar-refractivity contribution is -0.141. The quantitative estimate of drug-likeness (QED) is 0.835. The highest BCUT2D eigenvalue weighted by molar-refractivity contribution is 7.91. The lowest BCUT2D eigenvalue weighted by Gasteiger charge is -2.34. The smallest absolute Gasteiger partial charge is 0.367 e. The summed E-state index contributed by atoms with van der Waals surface area (Å²) in [6.45, 7) is 0.870. The van der Waals surface area contributed by atoms with Crippen LogP contribution in [-0.4, -0.2) is 59.8 Å². The molecule has 1 amide bonds. The summed E-state index contributed by atoms with van der Waals surface area (Å²) in [7, 11) is -3.11. The Bertz CT molecular complexity index is 777. The Morgan fingerprint density at radius 3 is 2.46 bits per heavy atom. The summed E-state index contributed by atoms with van der Waals surface area (Å²) in [5.41, 5.74) is -1.01. The molecule has 3 rings (SSSR count). The summed E-state index contributed by atoms with van der Waals surface area (Å²) in [6.07, 6.45) is -2.20. The maximum Gasteiger partial charge on any atom is 0.433 e. The van der Waals surface area contributed by atoms with Crippen molar-refractivity contribution in [2.75, 3.05) is 29.9 Å². The molecule has 26 heavy (non-hydrogen) atoms. The molecule has 0 aromatic carbocycles. The Morgan fingerprint density at radius 1 is 1.19 bits per heavy atom. The molecule has 0 spiro atoms. The van der Waals surface area contributed by atoms with Crippen molar-refractivity contribution in [1.29, 1.82) is 0 Å². The first-order chi connectivity index (χ1) is 12.1. The van der Waals surface area contributed by atoms with Gasteiger partial charge in [0.25, 0.3) is 0 Å². The van der Waals surface area contributed by atoms with Crippen LogP contribution < -0.4 is 5.32 Å². The first-order valence-electron chi connectivity index (χ1n) is 8.29. The minimum atomic E-state index is -4.53. The van der Waals surface area contributed by atoms with Gasteiger partial charge in [0.05, 0.1) is 17.4 Å². The van der Waals surface area contributed by atoms with Crippen molar-refractivity contribution >= 4 is 21.6 Å². The minimum absolute atomic E-state index is 0.0523. The van der Waals surface area contributed by atoms with Gasteiger partial charge in [0.1, 0.15) is 17.8 Å². The average molecular weight is 392 g/mol. The second kappa shape index (κ2) is 7.01. The number of carbonyl (C=O) groups excluding carboxylic acids is 1. The fraction of sp³-hybridized carbons (Fsp3) is 0.667. The van der Waals surface area contributed by atoms with E-state index in [1.807, 2.05) is 0 Å². The van der Waals surface area contributed by atoms with Crippen LogP contribution in [0.4, 0.5) is 19.0 Å². The Kier molecular flexibility index (Phi) is 5.09. The maximum absolute atomic E-state index is 12.7. The van der Waals surface area contributed by atoms with E-state index in [-0.39, 0.29) is 29.3 Å². The highest BCUT2D eigenvalue weighted by Gasteiger charge is 2.37. The molecule has 1 aromatic heterocycles. The normalized spacial score (nSPS) is 23.8. The summed E-state index contributed by atoms with van der Waals surface area (Å²) in [6, 6.07) is 0.753. The molecule has 1 unspecified atom stereocenters. The van der Waals surface area contributed by atoms with Gasteiger partial charge in [-0.05, 0) is 19.3 Å². The molecule has 0 radical (unpaired) electrons. The number of anilines is 1. The molecule has 2 aliphatic rings.